The van der Waals surface area contributed by atoms with Crippen LogP contribution in [0.2, 0.25) is 0 Å². The van der Waals surface area contributed by atoms with Crippen molar-refractivity contribution in [3.05, 3.63) is 0 Å². The summed E-state index contributed by atoms with van der Waals surface area (Å²) in [4.78, 5) is 26.4. The van der Waals surface area contributed by atoms with Gasteiger partial charge in [0.2, 0.25) is 11.8 Å². The van der Waals surface area contributed by atoms with Gasteiger partial charge in [-0.25, -0.2) is 0 Å². The minimum absolute atomic E-state index is 0.0445. The molecule has 0 aliphatic heterocycles. The Kier molecular flexibility index (Phi) is 7.49. The Morgan fingerprint density at radius 1 is 1.35 bits per heavy atom. The highest BCUT2D eigenvalue weighted by atomic mass is 16.5. The Morgan fingerprint density at radius 3 is 2.35 bits per heavy atom. The van der Waals surface area contributed by atoms with Gasteiger partial charge in [-0.15, -0.1) is 0 Å². The van der Waals surface area contributed by atoms with Gasteiger partial charge in [-0.05, 0) is 6.42 Å². The predicted octanol–water partition coefficient (Wildman–Crippen LogP) is -0.713. The first-order valence-electron chi connectivity index (χ1n) is 5.67. The molecule has 6 heteroatoms. The number of hydrogen-bond donors (Lipinski definition) is 1. The summed E-state index contributed by atoms with van der Waals surface area (Å²) in [7, 11) is 4.86. The third kappa shape index (κ3) is 5.65. The normalized spacial score (nSPS) is 12.1. The van der Waals surface area contributed by atoms with Crippen molar-refractivity contribution in [2.24, 2.45) is 5.73 Å². The molecule has 0 aliphatic carbocycles. The van der Waals surface area contributed by atoms with E-state index >= 15 is 0 Å². The van der Waals surface area contributed by atoms with Crippen LogP contribution in [0.5, 0.6) is 0 Å². The molecule has 0 saturated heterocycles. The summed E-state index contributed by atoms with van der Waals surface area (Å²) in [6.45, 7) is 2.65. The number of likely N-dealkylation sites (N-methyl/N-ethyl adjacent to an activating group) is 1. The van der Waals surface area contributed by atoms with Crippen LogP contribution >= 0.6 is 0 Å². The third-order valence-corrected chi connectivity index (χ3v) is 2.46. The monoisotopic (exact) mass is 245 g/mol. The van der Waals surface area contributed by atoms with E-state index in [9.17, 15) is 9.59 Å². The van der Waals surface area contributed by atoms with Crippen LogP contribution in [0.3, 0.4) is 0 Å². The maximum absolute atomic E-state index is 11.9. The molecule has 0 spiro atoms. The van der Waals surface area contributed by atoms with Crippen LogP contribution in [0.25, 0.3) is 0 Å². The highest BCUT2D eigenvalue weighted by Gasteiger charge is 2.22. The predicted molar refractivity (Wildman–Crippen MR) is 65.4 cm³/mol. The average molecular weight is 245 g/mol. The van der Waals surface area contributed by atoms with Gasteiger partial charge in [0.15, 0.2) is 0 Å². The van der Waals surface area contributed by atoms with E-state index in [-0.39, 0.29) is 18.4 Å². The maximum Gasteiger partial charge on any atom is 0.241 e. The van der Waals surface area contributed by atoms with E-state index in [4.69, 9.17) is 10.5 Å². The lowest BCUT2D eigenvalue weighted by molar-refractivity contribution is -0.140. The highest BCUT2D eigenvalue weighted by Crippen LogP contribution is 1.98. The molecular weight excluding hydrogens is 222 g/mol. The fourth-order valence-electron chi connectivity index (χ4n) is 1.18. The van der Waals surface area contributed by atoms with Crippen molar-refractivity contribution in [2.75, 3.05) is 40.9 Å². The van der Waals surface area contributed by atoms with Gasteiger partial charge in [-0.3, -0.25) is 9.59 Å². The van der Waals surface area contributed by atoms with Gasteiger partial charge in [0.05, 0.1) is 19.2 Å². The zero-order valence-corrected chi connectivity index (χ0v) is 11.1. The SMILES string of the molecule is CC[C@H](N)C(=O)N(CCOC)CC(=O)N(C)C. The number of rotatable bonds is 7. The fraction of sp³-hybridized carbons (Fsp3) is 0.818. The Balaban J connectivity index is 4.52. The van der Waals surface area contributed by atoms with Crippen LogP contribution in [-0.2, 0) is 14.3 Å². The lowest BCUT2D eigenvalue weighted by Gasteiger charge is -2.25. The van der Waals surface area contributed by atoms with E-state index in [0.29, 0.717) is 19.6 Å². The van der Waals surface area contributed by atoms with E-state index in [1.807, 2.05) is 6.92 Å². The third-order valence-electron chi connectivity index (χ3n) is 2.46. The van der Waals surface area contributed by atoms with Crippen molar-refractivity contribution in [1.82, 2.24) is 9.80 Å². The zero-order chi connectivity index (χ0) is 13.4. The van der Waals surface area contributed by atoms with Crippen molar-refractivity contribution in [3.63, 3.8) is 0 Å². The zero-order valence-electron chi connectivity index (χ0n) is 11.1. The molecule has 0 rings (SSSR count). The number of amides is 2. The summed E-state index contributed by atoms with van der Waals surface area (Å²) in [5.74, 6) is -0.336. The van der Waals surface area contributed by atoms with Gasteiger partial charge in [-0.1, -0.05) is 6.92 Å². The van der Waals surface area contributed by atoms with Crippen molar-refractivity contribution >= 4 is 11.8 Å². The molecule has 2 amide bonds. The summed E-state index contributed by atoms with van der Waals surface area (Å²) in [5.41, 5.74) is 5.68. The van der Waals surface area contributed by atoms with Gasteiger partial charge in [0.1, 0.15) is 0 Å². The van der Waals surface area contributed by atoms with E-state index in [0.717, 1.165) is 0 Å². The molecule has 0 heterocycles. The molecule has 2 N–H and O–H groups in total. The largest absolute Gasteiger partial charge is 0.383 e. The molecule has 1 atom stereocenters. The summed E-state index contributed by atoms with van der Waals surface area (Å²) in [6.07, 6.45) is 0.554. The van der Waals surface area contributed by atoms with Crippen LogP contribution < -0.4 is 5.73 Å². The minimum Gasteiger partial charge on any atom is -0.383 e. The number of nitrogens with two attached hydrogens (primary N) is 1. The van der Waals surface area contributed by atoms with Crippen LogP contribution in [0.15, 0.2) is 0 Å². The first-order chi connectivity index (χ1) is 7.93. The number of carbonyl (C=O) groups is 2. The summed E-state index contributed by atoms with van der Waals surface area (Å²) >= 11 is 0. The van der Waals surface area contributed by atoms with Gasteiger partial charge < -0.3 is 20.3 Å². The average Bonchev–Trinajstić information content (AvgIpc) is 2.31. The number of methoxy groups -OCH3 is 1. The minimum atomic E-state index is -0.554. The Hall–Kier alpha value is -1.14. The summed E-state index contributed by atoms with van der Waals surface area (Å²) in [6, 6.07) is -0.554. The molecule has 0 saturated carbocycles. The van der Waals surface area contributed by atoms with Crippen molar-refractivity contribution in [2.45, 2.75) is 19.4 Å². The van der Waals surface area contributed by atoms with Crippen LogP contribution in [-0.4, -0.2) is 68.6 Å². The number of hydrogen-bond acceptors (Lipinski definition) is 4. The Bertz CT molecular complexity index is 256. The molecular formula is C11H23N3O3. The van der Waals surface area contributed by atoms with E-state index in [2.05, 4.69) is 0 Å². The molecule has 0 fully saturated rings. The number of ether oxygens (including phenoxy) is 1. The molecule has 0 aromatic heterocycles. The molecule has 100 valence electrons. The number of carbonyl (C=O) groups excluding carboxylic acids is 2. The Labute approximate surface area is 103 Å². The molecule has 0 aliphatic rings. The lowest BCUT2D eigenvalue weighted by atomic mass is 10.2. The van der Waals surface area contributed by atoms with E-state index in [1.165, 1.54) is 9.80 Å². The first-order valence-corrected chi connectivity index (χ1v) is 5.67. The molecule has 0 aromatic rings. The molecule has 17 heavy (non-hydrogen) atoms. The lowest BCUT2D eigenvalue weighted by Crippen LogP contribution is -2.48. The molecule has 0 unspecified atom stereocenters. The summed E-state index contributed by atoms with van der Waals surface area (Å²) < 4.78 is 4.92. The van der Waals surface area contributed by atoms with Gasteiger partial charge >= 0.3 is 0 Å². The molecule has 0 bridgehead atoms. The standard InChI is InChI=1S/C11H23N3O3/c1-5-9(12)11(16)14(6-7-17-4)8-10(15)13(2)3/h9H,5-8,12H2,1-4H3/t9-/m0/s1. The van der Waals surface area contributed by atoms with Crippen LogP contribution in [0, 0.1) is 0 Å². The van der Waals surface area contributed by atoms with Gasteiger partial charge in [-0.2, -0.15) is 0 Å². The van der Waals surface area contributed by atoms with E-state index in [1.54, 1.807) is 21.2 Å². The summed E-state index contributed by atoms with van der Waals surface area (Å²) in [5, 5.41) is 0. The van der Waals surface area contributed by atoms with Crippen LogP contribution in [0.4, 0.5) is 0 Å². The van der Waals surface area contributed by atoms with E-state index < -0.39 is 6.04 Å². The topological polar surface area (TPSA) is 75.9 Å². The van der Waals surface area contributed by atoms with Crippen molar-refractivity contribution in [3.8, 4) is 0 Å². The Morgan fingerprint density at radius 2 is 1.94 bits per heavy atom. The molecule has 6 nitrogen and oxygen atoms in total. The second kappa shape index (κ2) is 8.03. The second-order valence-corrected chi connectivity index (χ2v) is 4.06. The second-order valence-electron chi connectivity index (χ2n) is 4.06. The van der Waals surface area contributed by atoms with Crippen LogP contribution in [0.1, 0.15) is 13.3 Å². The van der Waals surface area contributed by atoms with Gasteiger partial charge in [0.25, 0.3) is 0 Å². The maximum atomic E-state index is 11.9. The van der Waals surface area contributed by atoms with Gasteiger partial charge in [0, 0.05) is 27.7 Å². The highest BCUT2D eigenvalue weighted by molar-refractivity contribution is 5.87. The first kappa shape index (κ1) is 15.9. The fourth-order valence-corrected chi connectivity index (χ4v) is 1.18. The molecule has 0 radical (unpaired) electrons. The molecule has 0 aromatic carbocycles. The quantitative estimate of drug-likeness (QED) is 0.642. The smallest absolute Gasteiger partial charge is 0.241 e. The van der Waals surface area contributed by atoms with Crippen molar-refractivity contribution < 1.29 is 14.3 Å². The van der Waals surface area contributed by atoms with Crippen molar-refractivity contribution in [1.29, 1.82) is 0 Å². The number of nitrogens with zero attached hydrogens (tertiary/aromatic N) is 2.